The molecule has 0 saturated heterocycles. The lowest BCUT2D eigenvalue weighted by atomic mass is 10.0. The van der Waals surface area contributed by atoms with E-state index in [1.807, 2.05) is 42.5 Å². The van der Waals surface area contributed by atoms with E-state index in [9.17, 15) is 18.8 Å². The van der Waals surface area contributed by atoms with Crippen molar-refractivity contribution in [1.82, 2.24) is 10.6 Å². The molecule has 3 rings (SSSR count). The van der Waals surface area contributed by atoms with Crippen molar-refractivity contribution in [3.63, 3.8) is 0 Å². The Hall–Kier alpha value is -4.00. The summed E-state index contributed by atoms with van der Waals surface area (Å²) < 4.78 is 13.7. The van der Waals surface area contributed by atoms with Crippen molar-refractivity contribution in [3.05, 3.63) is 95.8 Å². The fourth-order valence-corrected chi connectivity index (χ4v) is 3.37. The van der Waals surface area contributed by atoms with Gasteiger partial charge in [-0.1, -0.05) is 60.7 Å². The second-order valence-electron chi connectivity index (χ2n) is 7.53. The number of halogens is 1. The van der Waals surface area contributed by atoms with Gasteiger partial charge in [0.1, 0.15) is 11.9 Å². The molecule has 3 aromatic rings. The highest BCUT2D eigenvalue weighted by molar-refractivity contribution is 5.98. The van der Waals surface area contributed by atoms with E-state index in [1.54, 1.807) is 30.3 Å². The van der Waals surface area contributed by atoms with E-state index in [0.717, 1.165) is 11.1 Å². The highest BCUT2D eigenvalue weighted by Gasteiger charge is 2.22. The third-order valence-electron chi connectivity index (χ3n) is 5.17. The number of hydrogen-bond acceptors (Lipinski definition) is 3. The average Bonchev–Trinajstić information content (AvgIpc) is 2.83. The van der Waals surface area contributed by atoms with Crippen LogP contribution in [0, 0.1) is 5.82 Å². The highest BCUT2D eigenvalue weighted by Crippen LogP contribution is 2.19. The number of amides is 2. The summed E-state index contributed by atoms with van der Waals surface area (Å²) in [6.07, 6.45) is -0.0632. The first-order valence-electron chi connectivity index (χ1n) is 10.6. The molecule has 170 valence electrons. The monoisotopic (exact) mass is 448 g/mol. The number of carboxylic acid groups (broad SMARTS) is 1. The van der Waals surface area contributed by atoms with Crippen LogP contribution in [0.4, 0.5) is 4.39 Å². The van der Waals surface area contributed by atoms with Crippen molar-refractivity contribution in [2.45, 2.75) is 25.3 Å². The number of rotatable bonds is 10. The fourth-order valence-electron chi connectivity index (χ4n) is 3.37. The van der Waals surface area contributed by atoms with Crippen molar-refractivity contribution in [2.75, 3.05) is 6.54 Å². The molecule has 7 heteroatoms. The zero-order valence-corrected chi connectivity index (χ0v) is 18.0. The van der Waals surface area contributed by atoms with E-state index in [4.69, 9.17) is 5.11 Å². The van der Waals surface area contributed by atoms with E-state index in [0.29, 0.717) is 11.1 Å². The molecule has 0 aromatic heterocycles. The molecule has 3 N–H and O–H groups in total. The Morgan fingerprint density at radius 1 is 0.848 bits per heavy atom. The minimum Gasteiger partial charge on any atom is -0.481 e. The number of hydrogen-bond donors (Lipinski definition) is 3. The lowest BCUT2D eigenvalue weighted by Crippen LogP contribution is -2.47. The first kappa shape index (κ1) is 23.7. The topological polar surface area (TPSA) is 95.5 Å². The smallest absolute Gasteiger partial charge is 0.303 e. The quantitative estimate of drug-likeness (QED) is 0.440. The minimum absolute atomic E-state index is 0.0608. The van der Waals surface area contributed by atoms with Gasteiger partial charge in [-0.05, 0) is 47.7 Å². The predicted octanol–water partition coefficient (Wildman–Crippen LogP) is 3.81. The zero-order valence-electron chi connectivity index (χ0n) is 18.0. The van der Waals surface area contributed by atoms with Crippen LogP contribution in [0.5, 0.6) is 0 Å². The van der Waals surface area contributed by atoms with Crippen LogP contribution in [-0.2, 0) is 16.0 Å². The second kappa shape index (κ2) is 11.6. The van der Waals surface area contributed by atoms with Gasteiger partial charge < -0.3 is 15.7 Å². The number of aliphatic carboxylic acids is 1. The molecular weight excluding hydrogens is 423 g/mol. The number of carbonyl (C=O) groups is 3. The van der Waals surface area contributed by atoms with Crippen molar-refractivity contribution >= 4 is 17.8 Å². The first-order valence-corrected chi connectivity index (χ1v) is 10.6. The third-order valence-corrected chi connectivity index (χ3v) is 5.17. The Labute approximate surface area is 191 Å². The normalized spacial score (nSPS) is 11.4. The van der Waals surface area contributed by atoms with Gasteiger partial charge in [0.25, 0.3) is 5.91 Å². The number of benzene rings is 3. The van der Waals surface area contributed by atoms with Crippen molar-refractivity contribution in [2.24, 2.45) is 0 Å². The molecule has 0 aliphatic carbocycles. The molecule has 0 aliphatic heterocycles. The molecule has 6 nitrogen and oxygen atoms in total. The minimum atomic E-state index is -1.07. The Morgan fingerprint density at radius 3 is 2.15 bits per heavy atom. The summed E-state index contributed by atoms with van der Waals surface area (Å²) in [5.74, 6) is -2.42. The molecular formula is C26H25FN2O4. The second-order valence-corrected chi connectivity index (χ2v) is 7.53. The van der Waals surface area contributed by atoms with Gasteiger partial charge in [0.2, 0.25) is 5.91 Å². The molecule has 0 fully saturated rings. The molecule has 33 heavy (non-hydrogen) atoms. The number of nitrogens with one attached hydrogen (secondary N) is 2. The van der Waals surface area contributed by atoms with Crippen LogP contribution in [0.1, 0.15) is 28.8 Å². The van der Waals surface area contributed by atoms with E-state index < -0.39 is 23.8 Å². The van der Waals surface area contributed by atoms with Crippen molar-refractivity contribution < 1.29 is 23.9 Å². The molecule has 0 unspecified atom stereocenters. The van der Waals surface area contributed by atoms with Crippen LogP contribution in [-0.4, -0.2) is 35.5 Å². The van der Waals surface area contributed by atoms with Crippen molar-refractivity contribution in [3.8, 4) is 11.1 Å². The van der Waals surface area contributed by atoms with Crippen LogP contribution >= 0.6 is 0 Å². The van der Waals surface area contributed by atoms with Crippen molar-refractivity contribution in [1.29, 1.82) is 0 Å². The summed E-state index contributed by atoms with van der Waals surface area (Å²) >= 11 is 0. The fraction of sp³-hybridized carbons (Fsp3) is 0.192. The van der Waals surface area contributed by atoms with Crippen LogP contribution < -0.4 is 10.6 Å². The molecule has 0 radical (unpaired) electrons. The maximum Gasteiger partial charge on any atom is 0.303 e. The summed E-state index contributed by atoms with van der Waals surface area (Å²) in [7, 11) is 0. The molecule has 0 aliphatic rings. The molecule has 0 saturated carbocycles. The van der Waals surface area contributed by atoms with Gasteiger partial charge in [-0.25, -0.2) is 4.39 Å². The van der Waals surface area contributed by atoms with E-state index >= 15 is 0 Å². The molecule has 0 bridgehead atoms. The Morgan fingerprint density at radius 2 is 1.48 bits per heavy atom. The lowest BCUT2D eigenvalue weighted by Gasteiger charge is -2.18. The summed E-state index contributed by atoms with van der Waals surface area (Å²) in [6.45, 7) is 0.158. The van der Waals surface area contributed by atoms with Gasteiger partial charge in [-0.2, -0.15) is 0 Å². The highest BCUT2D eigenvalue weighted by atomic mass is 19.1. The van der Waals surface area contributed by atoms with Crippen LogP contribution in [0.3, 0.4) is 0 Å². The summed E-state index contributed by atoms with van der Waals surface area (Å²) in [4.78, 5) is 36.3. The largest absolute Gasteiger partial charge is 0.481 e. The van der Waals surface area contributed by atoms with Gasteiger partial charge in [-0.15, -0.1) is 0 Å². The van der Waals surface area contributed by atoms with Crippen LogP contribution in [0.2, 0.25) is 0 Å². The summed E-state index contributed by atoms with van der Waals surface area (Å²) in [6, 6.07) is 21.9. The average molecular weight is 448 g/mol. The predicted molar refractivity (Wildman–Crippen MR) is 123 cm³/mol. The molecule has 0 spiro atoms. The standard InChI is InChI=1S/C26H25FN2O4/c27-22-9-5-4-8-20(22)16-17-28-26(33)23(14-15-24(30)31)29-25(32)21-12-10-19(11-13-21)18-6-2-1-3-7-18/h1-13,23H,14-17H2,(H,28,33)(H,29,32)(H,30,31)/t23-/m0/s1. The van der Waals surface area contributed by atoms with Gasteiger partial charge in [0, 0.05) is 18.5 Å². The Bertz CT molecular complexity index is 1100. The van der Waals surface area contributed by atoms with Gasteiger partial charge in [0.05, 0.1) is 0 Å². The Balaban J connectivity index is 1.62. The molecule has 3 aromatic carbocycles. The maximum atomic E-state index is 13.7. The third kappa shape index (κ3) is 7.00. The Kier molecular flexibility index (Phi) is 8.30. The maximum absolute atomic E-state index is 13.7. The molecule has 1 atom stereocenters. The number of carboxylic acids is 1. The molecule has 2 amide bonds. The molecule has 0 heterocycles. The van der Waals surface area contributed by atoms with Gasteiger partial charge in [-0.3, -0.25) is 14.4 Å². The van der Waals surface area contributed by atoms with Crippen LogP contribution in [0.15, 0.2) is 78.9 Å². The SMILES string of the molecule is O=C(O)CC[C@H](NC(=O)c1ccc(-c2ccccc2)cc1)C(=O)NCCc1ccccc1F. The lowest BCUT2D eigenvalue weighted by molar-refractivity contribution is -0.137. The number of carbonyl (C=O) groups excluding carboxylic acids is 2. The van der Waals surface area contributed by atoms with Gasteiger partial charge in [0.15, 0.2) is 0 Å². The van der Waals surface area contributed by atoms with E-state index in [-0.39, 0.29) is 31.6 Å². The summed E-state index contributed by atoms with van der Waals surface area (Å²) in [5, 5.41) is 14.3. The zero-order chi connectivity index (χ0) is 23.6. The van der Waals surface area contributed by atoms with Crippen LogP contribution in [0.25, 0.3) is 11.1 Å². The van der Waals surface area contributed by atoms with E-state index in [1.165, 1.54) is 6.07 Å². The summed E-state index contributed by atoms with van der Waals surface area (Å²) in [5.41, 5.74) is 2.77. The van der Waals surface area contributed by atoms with Gasteiger partial charge >= 0.3 is 5.97 Å². The van der Waals surface area contributed by atoms with E-state index in [2.05, 4.69) is 10.6 Å². The first-order chi connectivity index (χ1) is 15.9.